The first-order valence-electron chi connectivity index (χ1n) is 17.3. The van der Waals surface area contributed by atoms with Crippen LogP contribution < -0.4 is 20.0 Å². The van der Waals surface area contributed by atoms with Gasteiger partial charge in [0.25, 0.3) is 11.8 Å². The van der Waals surface area contributed by atoms with Crippen LogP contribution in [-0.2, 0) is 27.9 Å². The zero-order chi connectivity index (χ0) is 36.8. The normalized spacial score (nSPS) is 18.8. The third-order valence-electron chi connectivity index (χ3n) is 10.1. The van der Waals surface area contributed by atoms with E-state index in [2.05, 4.69) is 22.9 Å². The monoisotopic (exact) mass is 727 g/mol. The molecule has 0 spiro atoms. The van der Waals surface area contributed by atoms with Gasteiger partial charge in [0.05, 0.1) is 42.0 Å². The number of halogens is 1. The highest BCUT2D eigenvalue weighted by Gasteiger charge is 2.34. The molecule has 0 radical (unpaired) electrons. The molecule has 1 atom stereocenters. The fourth-order valence-electron chi connectivity index (χ4n) is 7.38. The molecule has 4 heterocycles. The summed E-state index contributed by atoms with van der Waals surface area (Å²) in [7, 11) is -0.359. The Morgan fingerprint density at radius 1 is 1.06 bits per heavy atom. The molecule has 2 fully saturated rings. The Morgan fingerprint density at radius 2 is 1.76 bits per heavy atom. The van der Waals surface area contributed by atoms with Gasteiger partial charge in [0.15, 0.2) is 11.6 Å². The Labute approximate surface area is 297 Å². The Balaban J connectivity index is 1.28. The minimum absolute atomic E-state index is 0.0973. The fraction of sp³-hybridized carbons (Fsp3) is 0.528. The molecule has 13 nitrogen and oxygen atoms in total. The minimum atomic E-state index is -4.14. The van der Waals surface area contributed by atoms with Crippen LogP contribution in [0.2, 0.25) is 0 Å². The number of rotatable bonds is 9. The number of carbonyl (C=O) groups is 2. The lowest BCUT2D eigenvalue weighted by molar-refractivity contribution is 0.0725. The second-order valence-electron chi connectivity index (χ2n) is 13.9. The van der Waals surface area contributed by atoms with E-state index < -0.39 is 45.3 Å². The number of benzene rings is 2. The molecule has 2 aromatic carbocycles. The maximum Gasteiger partial charge on any atom is 0.341 e. The first kappa shape index (κ1) is 36.7. The summed E-state index contributed by atoms with van der Waals surface area (Å²) in [5, 5.41) is 0.846. The average molecular weight is 728 g/mol. The number of anilines is 1. The number of piperazine rings is 1. The van der Waals surface area contributed by atoms with Crippen LogP contribution in [0.3, 0.4) is 0 Å². The number of hydrogen-bond acceptors (Lipinski definition) is 10. The molecule has 2 amide bonds. The van der Waals surface area contributed by atoms with Gasteiger partial charge in [-0.2, -0.15) is 12.7 Å². The Morgan fingerprint density at radius 3 is 2.45 bits per heavy atom. The number of carbonyl (C=O) groups excluding carboxylic acids is 2. The number of fused-ring (bicyclic) bond motifs is 3. The largest absolute Gasteiger partial charge is 0.487 e. The summed E-state index contributed by atoms with van der Waals surface area (Å²) in [6.45, 7) is 10.9. The third kappa shape index (κ3) is 7.08. The van der Waals surface area contributed by atoms with Gasteiger partial charge in [-0.05, 0) is 83.3 Å². The van der Waals surface area contributed by atoms with Gasteiger partial charge in [0, 0.05) is 63.0 Å². The summed E-state index contributed by atoms with van der Waals surface area (Å²) in [6.07, 6.45) is 1.10. The summed E-state index contributed by atoms with van der Waals surface area (Å²) in [5.41, 5.74) is 3.22. The average Bonchev–Trinajstić information content (AvgIpc) is 3.64. The van der Waals surface area contributed by atoms with E-state index in [0.29, 0.717) is 37.0 Å². The molecule has 3 aliphatic heterocycles. The smallest absolute Gasteiger partial charge is 0.341 e. The van der Waals surface area contributed by atoms with Crippen molar-refractivity contribution < 1.29 is 36.3 Å². The third-order valence-corrected chi connectivity index (χ3v) is 11.6. The van der Waals surface area contributed by atoms with Gasteiger partial charge in [-0.15, -0.1) is 0 Å². The molecule has 0 bridgehead atoms. The molecule has 1 aromatic heterocycles. The standard InChI is InChI=1S/C36H46FN5O8S/c1-21(2)49-33-27(34(43)38-51(46,47)42-12-7-8-13-42)10-9-26(31(33)37)35(44)41-14-11-25-28(19-41)36(45)50-32-23(4)29(17-22(3)30(25)32)40-16-15-39(5)24(18-40)20-48-6/h9-10,17,21,24H,7-8,11-16,18-20H2,1-6H3,(H,38,43)/t24-/m1/s1. The summed E-state index contributed by atoms with van der Waals surface area (Å²) in [6, 6.07) is 4.68. The van der Waals surface area contributed by atoms with Crippen LogP contribution in [0.5, 0.6) is 5.75 Å². The summed E-state index contributed by atoms with van der Waals surface area (Å²) in [5.74, 6) is -3.38. The van der Waals surface area contributed by atoms with Gasteiger partial charge in [0.2, 0.25) is 0 Å². The predicted octanol–water partition coefficient (Wildman–Crippen LogP) is 3.37. The molecular weight excluding hydrogens is 681 g/mol. The van der Waals surface area contributed by atoms with E-state index in [0.717, 1.165) is 57.8 Å². The highest BCUT2D eigenvalue weighted by Crippen LogP contribution is 2.37. The summed E-state index contributed by atoms with van der Waals surface area (Å²) < 4.78 is 61.9. The van der Waals surface area contributed by atoms with Gasteiger partial charge < -0.3 is 23.7 Å². The molecule has 2 saturated heterocycles. The number of aryl methyl sites for hydroxylation is 2. The van der Waals surface area contributed by atoms with Crippen LogP contribution in [0.1, 0.15) is 69.7 Å². The molecule has 0 unspecified atom stereocenters. The van der Waals surface area contributed by atoms with Crippen molar-refractivity contribution in [3.63, 3.8) is 0 Å². The number of ether oxygens (including phenoxy) is 2. The lowest BCUT2D eigenvalue weighted by Gasteiger charge is -2.41. The van der Waals surface area contributed by atoms with E-state index in [1.807, 2.05) is 18.6 Å². The van der Waals surface area contributed by atoms with E-state index in [-0.39, 0.29) is 43.3 Å². The van der Waals surface area contributed by atoms with E-state index in [1.165, 1.54) is 11.0 Å². The second kappa shape index (κ2) is 14.5. The highest BCUT2D eigenvalue weighted by molar-refractivity contribution is 7.87. The van der Waals surface area contributed by atoms with E-state index in [9.17, 15) is 22.8 Å². The maximum absolute atomic E-state index is 16.1. The number of amides is 2. The molecule has 6 rings (SSSR count). The molecule has 276 valence electrons. The van der Waals surface area contributed by atoms with Crippen molar-refractivity contribution in [3.8, 4) is 5.75 Å². The number of hydrogen-bond donors (Lipinski definition) is 1. The fourth-order valence-corrected chi connectivity index (χ4v) is 8.59. The van der Waals surface area contributed by atoms with E-state index in [1.54, 1.807) is 21.0 Å². The summed E-state index contributed by atoms with van der Waals surface area (Å²) >= 11 is 0. The molecule has 0 saturated carbocycles. The highest BCUT2D eigenvalue weighted by atomic mass is 32.2. The van der Waals surface area contributed by atoms with Crippen LogP contribution in [0.15, 0.2) is 27.4 Å². The SMILES string of the molecule is COC[C@H]1CN(c2cc(C)c3c4c(c(=O)oc3c2C)CN(C(=O)c2ccc(C(=O)NS(=O)(=O)N3CCCC3)c(OC(C)C)c2F)CC4)CCN1C. The topological polar surface area (TPSA) is 142 Å². The van der Waals surface area contributed by atoms with Gasteiger partial charge in [0.1, 0.15) is 5.58 Å². The van der Waals surface area contributed by atoms with Crippen molar-refractivity contribution in [2.75, 3.05) is 64.9 Å². The van der Waals surface area contributed by atoms with Crippen molar-refractivity contribution >= 4 is 38.7 Å². The van der Waals surface area contributed by atoms with Crippen LogP contribution in [0.4, 0.5) is 10.1 Å². The molecular formula is C36H46FN5O8S. The number of nitrogens with one attached hydrogen (secondary N) is 1. The quantitative estimate of drug-likeness (QED) is 0.326. The van der Waals surface area contributed by atoms with E-state index in [4.69, 9.17) is 13.9 Å². The van der Waals surface area contributed by atoms with E-state index >= 15 is 4.39 Å². The molecule has 0 aliphatic carbocycles. The van der Waals surface area contributed by atoms with Gasteiger partial charge >= 0.3 is 15.8 Å². The Kier molecular flexibility index (Phi) is 10.5. The van der Waals surface area contributed by atoms with Gasteiger partial charge in [-0.25, -0.2) is 13.9 Å². The zero-order valence-electron chi connectivity index (χ0n) is 30.0. The number of nitrogens with zero attached hydrogens (tertiary/aromatic N) is 4. The van der Waals surface area contributed by atoms with Crippen molar-refractivity contribution in [1.29, 1.82) is 0 Å². The lowest BCUT2D eigenvalue weighted by Crippen LogP contribution is -2.53. The predicted molar refractivity (Wildman–Crippen MR) is 190 cm³/mol. The first-order chi connectivity index (χ1) is 24.2. The number of likely N-dealkylation sites (N-methyl/N-ethyl adjacent to an activating group) is 1. The Hall–Kier alpha value is -4.05. The van der Waals surface area contributed by atoms with Crippen LogP contribution >= 0.6 is 0 Å². The second-order valence-corrected chi connectivity index (χ2v) is 15.6. The first-order valence-corrected chi connectivity index (χ1v) is 18.8. The summed E-state index contributed by atoms with van der Waals surface area (Å²) in [4.78, 5) is 46.5. The molecule has 51 heavy (non-hydrogen) atoms. The van der Waals surface area contributed by atoms with Gasteiger partial charge in [-0.3, -0.25) is 14.5 Å². The van der Waals surface area contributed by atoms with Crippen molar-refractivity contribution in [1.82, 2.24) is 18.8 Å². The van der Waals surface area contributed by atoms with Crippen LogP contribution in [-0.4, -0.2) is 107 Å². The van der Waals surface area contributed by atoms with Crippen molar-refractivity contribution in [3.05, 3.63) is 67.8 Å². The van der Waals surface area contributed by atoms with Crippen LogP contribution in [0, 0.1) is 19.7 Å². The number of methoxy groups -OCH3 is 1. The van der Waals surface area contributed by atoms with Gasteiger partial charge in [-0.1, -0.05) is 0 Å². The Bertz CT molecular complexity index is 2030. The molecule has 3 aliphatic rings. The minimum Gasteiger partial charge on any atom is -0.487 e. The lowest BCUT2D eigenvalue weighted by atomic mass is 9.92. The maximum atomic E-state index is 16.1. The molecule has 3 aromatic rings. The van der Waals surface area contributed by atoms with Crippen molar-refractivity contribution in [2.24, 2.45) is 0 Å². The zero-order valence-corrected chi connectivity index (χ0v) is 30.8. The molecule has 1 N–H and O–H groups in total. The van der Waals surface area contributed by atoms with Crippen LogP contribution in [0.25, 0.3) is 11.0 Å². The van der Waals surface area contributed by atoms with Crippen molar-refractivity contribution in [2.45, 2.75) is 65.6 Å². The molecule has 15 heteroatoms.